The van der Waals surface area contributed by atoms with E-state index < -0.39 is 0 Å². The third-order valence-corrected chi connectivity index (χ3v) is 4.82. The van der Waals surface area contributed by atoms with Crippen molar-refractivity contribution in [3.05, 3.63) is 77.4 Å². The second-order valence-electron chi connectivity index (χ2n) is 6.42. The van der Waals surface area contributed by atoms with Crippen LogP contribution in [0.15, 0.2) is 54.6 Å². The summed E-state index contributed by atoms with van der Waals surface area (Å²) in [5.41, 5.74) is 1.88. The van der Waals surface area contributed by atoms with Crippen molar-refractivity contribution in [3.8, 4) is 5.75 Å². The first-order valence-electron chi connectivity index (χ1n) is 8.58. The van der Waals surface area contributed by atoms with E-state index in [-0.39, 0.29) is 17.9 Å². The summed E-state index contributed by atoms with van der Waals surface area (Å²) in [5.74, 6) is 1.87. The molecule has 2 aromatic carbocycles. The zero-order valence-corrected chi connectivity index (χ0v) is 14.7. The van der Waals surface area contributed by atoms with Crippen LogP contribution in [0.5, 0.6) is 5.75 Å². The van der Waals surface area contributed by atoms with Crippen molar-refractivity contribution >= 4 is 5.91 Å². The molecule has 1 aliphatic rings. The van der Waals surface area contributed by atoms with E-state index in [4.69, 9.17) is 4.74 Å². The number of hydrogen-bond acceptors (Lipinski definition) is 4. The van der Waals surface area contributed by atoms with Crippen LogP contribution >= 0.6 is 0 Å². The highest BCUT2D eigenvalue weighted by Crippen LogP contribution is 2.34. The molecule has 6 heteroatoms. The van der Waals surface area contributed by atoms with Crippen molar-refractivity contribution in [2.45, 2.75) is 18.9 Å². The van der Waals surface area contributed by atoms with E-state index in [1.165, 1.54) is 0 Å². The molecular formula is C20H20N4O2. The van der Waals surface area contributed by atoms with Crippen molar-refractivity contribution in [3.63, 3.8) is 0 Å². The number of carbonyl (C=O) groups excluding carboxylic acids is 1. The first-order valence-corrected chi connectivity index (χ1v) is 8.58. The predicted octanol–water partition coefficient (Wildman–Crippen LogP) is 2.51. The summed E-state index contributed by atoms with van der Waals surface area (Å²) in [5, 5.41) is 11.6. The minimum atomic E-state index is -0.373. The standard InChI is InChI=1S/C20H20N4O2/c1-13-22-23-19(24(13)2)18(14-8-4-3-5-9-14)21-20(25)16-12-26-17-11-7-6-10-15(16)17/h3-11,16,18H,12H2,1-2H3,(H,21,25)/t16-,18-/m1/s1. The van der Waals surface area contributed by atoms with Crippen LogP contribution in [-0.2, 0) is 11.8 Å². The highest BCUT2D eigenvalue weighted by atomic mass is 16.5. The number of ether oxygens (including phenoxy) is 1. The van der Waals surface area contributed by atoms with E-state index in [2.05, 4.69) is 15.5 Å². The van der Waals surface area contributed by atoms with Gasteiger partial charge in [0.15, 0.2) is 5.82 Å². The number of fused-ring (bicyclic) bond motifs is 1. The number of amides is 1. The van der Waals surface area contributed by atoms with Gasteiger partial charge in [0.05, 0.1) is 0 Å². The van der Waals surface area contributed by atoms with E-state index in [0.29, 0.717) is 12.4 Å². The Morgan fingerprint density at radius 1 is 1.15 bits per heavy atom. The Labute approximate surface area is 151 Å². The number of rotatable bonds is 4. The van der Waals surface area contributed by atoms with E-state index in [9.17, 15) is 4.79 Å². The van der Waals surface area contributed by atoms with Gasteiger partial charge in [0.2, 0.25) is 5.91 Å². The zero-order chi connectivity index (χ0) is 18.1. The molecule has 2 heterocycles. The molecule has 4 rings (SSSR count). The zero-order valence-electron chi connectivity index (χ0n) is 14.7. The maximum Gasteiger partial charge on any atom is 0.232 e. The maximum atomic E-state index is 13.0. The van der Waals surface area contributed by atoms with Crippen LogP contribution in [0.4, 0.5) is 0 Å². The summed E-state index contributed by atoms with van der Waals surface area (Å²) in [6, 6.07) is 17.1. The number of hydrogen-bond donors (Lipinski definition) is 1. The molecule has 0 aliphatic carbocycles. The van der Waals surface area contributed by atoms with Gasteiger partial charge in [0.1, 0.15) is 30.1 Å². The van der Waals surface area contributed by atoms with Gasteiger partial charge in [-0.1, -0.05) is 48.5 Å². The van der Waals surface area contributed by atoms with Crippen molar-refractivity contribution in [2.24, 2.45) is 7.05 Å². The van der Waals surface area contributed by atoms with Crippen LogP contribution in [0.1, 0.15) is 34.7 Å². The fraction of sp³-hybridized carbons (Fsp3) is 0.250. The molecule has 2 atom stereocenters. The van der Waals surface area contributed by atoms with Gasteiger partial charge in [-0.25, -0.2) is 0 Å². The molecule has 0 fully saturated rings. The van der Waals surface area contributed by atoms with Crippen LogP contribution < -0.4 is 10.1 Å². The summed E-state index contributed by atoms with van der Waals surface area (Å²) in [6.07, 6.45) is 0. The van der Waals surface area contributed by atoms with Crippen molar-refractivity contribution in [1.29, 1.82) is 0 Å². The third-order valence-electron chi connectivity index (χ3n) is 4.82. The highest BCUT2D eigenvalue weighted by molar-refractivity contribution is 5.86. The lowest BCUT2D eigenvalue weighted by Crippen LogP contribution is -2.35. The van der Waals surface area contributed by atoms with Gasteiger partial charge in [-0.3, -0.25) is 4.79 Å². The van der Waals surface area contributed by atoms with Crippen LogP contribution in [0.2, 0.25) is 0 Å². The summed E-state index contributed by atoms with van der Waals surface area (Å²) in [6.45, 7) is 2.24. The molecule has 1 N–H and O–H groups in total. The van der Waals surface area contributed by atoms with Crippen molar-refractivity contribution in [1.82, 2.24) is 20.1 Å². The Balaban J connectivity index is 1.66. The molecule has 0 bridgehead atoms. The molecule has 0 spiro atoms. The van der Waals surface area contributed by atoms with Crippen LogP contribution in [0, 0.1) is 6.92 Å². The fourth-order valence-electron chi connectivity index (χ4n) is 3.24. The molecule has 0 saturated heterocycles. The van der Waals surface area contributed by atoms with Crippen LogP contribution in [-0.4, -0.2) is 27.3 Å². The minimum absolute atomic E-state index is 0.0792. The summed E-state index contributed by atoms with van der Waals surface area (Å²) in [4.78, 5) is 13.0. The predicted molar refractivity (Wildman–Crippen MR) is 96.8 cm³/mol. The molecule has 1 aromatic heterocycles. The minimum Gasteiger partial charge on any atom is -0.492 e. The Bertz CT molecular complexity index is 936. The van der Waals surface area contributed by atoms with Crippen molar-refractivity contribution < 1.29 is 9.53 Å². The Kier molecular flexibility index (Phi) is 4.16. The fourth-order valence-corrected chi connectivity index (χ4v) is 3.24. The Morgan fingerprint density at radius 2 is 1.88 bits per heavy atom. The summed E-state index contributed by atoms with van der Waals surface area (Å²) >= 11 is 0. The smallest absolute Gasteiger partial charge is 0.232 e. The summed E-state index contributed by atoms with van der Waals surface area (Å²) < 4.78 is 7.56. The lowest BCUT2D eigenvalue weighted by molar-refractivity contribution is -0.123. The lowest BCUT2D eigenvalue weighted by atomic mass is 9.99. The Hall–Kier alpha value is -3.15. The van der Waals surface area contributed by atoms with Crippen LogP contribution in [0.3, 0.4) is 0 Å². The average molecular weight is 348 g/mol. The highest BCUT2D eigenvalue weighted by Gasteiger charge is 2.32. The molecule has 0 unspecified atom stereocenters. The van der Waals surface area contributed by atoms with Crippen molar-refractivity contribution in [2.75, 3.05) is 6.61 Å². The first-order chi connectivity index (χ1) is 12.6. The number of nitrogens with one attached hydrogen (secondary N) is 1. The van der Waals surface area contributed by atoms with Gasteiger partial charge in [-0.2, -0.15) is 0 Å². The monoisotopic (exact) mass is 348 g/mol. The van der Waals surface area contributed by atoms with Gasteiger partial charge in [-0.05, 0) is 18.6 Å². The number of benzene rings is 2. The quantitative estimate of drug-likeness (QED) is 0.787. The SMILES string of the molecule is Cc1nnc([C@H](NC(=O)[C@@H]2COc3ccccc32)c2ccccc2)n1C. The molecule has 1 aliphatic heterocycles. The topological polar surface area (TPSA) is 69.0 Å². The third kappa shape index (κ3) is 2.83. The second-order valence-corrected chi connectivity index (χ2v) is 6.42. The van der Waals surface area contributed by atoms with Gasteiger partial charge >= 0.3 is 0 Å². The second kappa shape index (κ2) is 6.63. The largest absolute Gasteiger partial charge is 0.492 e. The van der Waals surface area contributed by atoms with Gasteiger partial charge in [0, 0.05) is 12.6 Å². The molecule has 0 radical (unpaired) electrons. The molecule has 6 nitrogen and oxygen atoms in total. The lowest BCUT2D eigenvalue weighted by Gasteiger charge is -2.20. The molecule has 0 saturated carbocycles. The number of aryl methyl sites for hydroxylation is 1. The van der Waals surface area contributed by atoms with Crippen LogP contribution in [0.25, 0.3) is 0 Å². The average Bonchev–Trinajstić information content (AvgIpc) is 3.25. The molecule has 26 heavy (non-hydrogen) atoms. The maximum absolute atomic E-state index is 13.0. The number of para-hydroxylation sites is 1. The van der Waals surface area contributed by atoms with Gasteiger partial charge in [0.25, 0.3) is 0 Å². The van der Waals surface area contributed by atoms with E-state index in [0.717, 1.165) is 22.7 Å². The number of nitrogens with zero attached hydrogens (tertiary/aromatic N) is 3. The molecule has 3 aromatic rings. The molecule has 1 amide bonds. The summed E-state index contributed by atoms with van der Waals surface area (Å²) in [7, 11) is 1.90. The van der Waals surface area contributed by atoms with Gasteiger partial charge < -0.3 is 14.6 Å². The molecule has 132 valence electrons. The molecular weight excluding hydrogens is 328 g/mol. The van der Waals surface area contributed by atoms with E-state index >= 15 is 0 Å². The normalized spacial score (nSPS) is 16.6. The Morgan fingerprint density at radius 3 is 2.62 bits per heavy atom. The number of carbonyl (C=O) groups is 1. The van der Waals surface area contributed by atoms with E-state index in [1.54, 1.807) is 0 Å². The first kappa shape index (κ1) is 16.3. The van der Waals surface area contributed by atoms with Gasteiger partial charge in [-0.15, -0.1) is 10.2 Å². The number of aromatic nitrogens is 3. The van der Waals surface area contributed by atoms with E-state index in [1.807, 2.05) is 73.1 Å².